The van der Waals surface area contributed by atoms with Crippen molar-refractivity contribution in [3.63, 3.8) is 0 Å². The first-order chi connectivity index (χ1) is 14.5. The zero-order chi connectivity index (χ0) is 21.0. The lowest BCUT2D eigenvalue weighted by molar-refractivity contribution is -0.132. The van der Waals surface area contributed by atoms with Crippen LogP contribution in [-0.4, -0.2) is 36.4 Å². The molecule has 0 saturated heterocycles. The maximum Gasteiger partial charge on any atom is 0.244 e. The highest BCUT2D eigenvalue weighted by molar-refractivity contribution is 6.21. The van der Waals surface area contributed by atoms with Crippen LogP contribution in [0.4, 0.5) is 11.6 Å². The maximum atomic E-state index is 12.9. The summed E-state index contributed by atoms with van der Waals surface area (Å²) in [5, 5.41) is 8.30. The van der Waals surface area contributed by atoms with Gasteiger partial charge in [-0.05, 0) is 44.2 Å². The number of ketones is 1. The second-order valence-electron chi connectivity index (χ2n) is 8.05. The minimum atomic E-state index is -1.28. The normalized spacial score (nSPS) is 20.4. The number of aryl methyl sites for hydroxylation is 1. The zero-order valence-corrected chi connectivity index (χ0v) is 17.0. The van der Waals surface area contributed by atoms with Crippen molar-refractivity contribution >= 4 is 34.4 Å². The van der Waals surface area contributed by atoms with Gasteiger partial charge < -0.3 is 11.1 Å². The van der Waals surface area contributed by atoms with E-state index in [1.807, 2.05) is 16.8 Å². The molecule has 2 aliphatic rings. The number of carbonyl (C=O) groups excluding carboxylic acids is 2. The van der Waals surface area contributed by atoms with Crippen molar-refractivity contribution in [2.45, 2.75) is 51.5 Å². The van der Waals surface area contributed by atoms with Gasteiger partial charge in [0.1, 0.15) is 28.5 Å². The van der Waals surface area contributed by atoms with Crippen LogP contribution >= 0.6 is 0 Å². The van der Waals surface area contributed by atoms with Crippen molar-refractivity contribution in [3.8, 4) is 11.5 Å². The molecule has 0 radical (unpaired) electrons. The first-order valence-corrected chi connectivity index (χ1v) is 10.3. The molecule has 154 valence electrons. The summed E-state index contributed by atoms with van der Waals surface area (Å²) in [4.78, 5) is 39.1. The standard InChI is InChI=1S/C21H23N7O2/c1-3-4-10-28-19-13(6-5-9-23-19)15(27-28)18-24-16(22)14-17(25-18)26-20(30)21(14,11(2)29)12-7-8-12/h5-6,9,12H,3-4,7-8,10H2,1-2H3,(H3,22,24,25,26,30). The molecule has 3 aromatic rings. The summed E-state index contributed by atoms with van der Waals surface area (Å²) >= 11 is 0. The van der Waals surface area contributed by atoms with Crippen LogP contribution in [0.3, 0.4) is 0 Å². The molecule has 1 amide bonds. The van der Waals surface area contributed by atoms with Gasteiger partial charge in [-0.25, -0.2) is 19.6 Å². The lowest BCUT2D eigenvalue weighted by Crippen LogP contribution is -2.43. The molecular formula is C21H23N7O2. The van der Waals surface area contributed by atoms with E-state index in [-0.39, 0.29) is 23.4 Å². The summed E-state index contributed by atoms with van der Waals surface area (Å²) in [6, 6.07) is 3.76. The Kier molecular flexibility index (Phi) is 4.09. The maximum absolute atomic E-state index is 12.9. The third kappa shape index (κ3) is 2.47. The number of nitrogen functional groups attached to an aromatic ring is 1. The lowest BCUT2D eigenvalue weighted by atomic mass is 9.74. The van der Waals surface area contributed by atoms with Crippen molar-refractivity contribution in [2.75, 3.05) is 11.1 Å². The Hall–Kier alpha value is -3.36. The molecule has 0 aromatic carbocycles. The van der Waals surface area contributed by atoms with Crippen LogP contribution in [-0.2, 0) is 21.5 Å². The van der Waals surface area contributed by atoms with Gasteiger partial charge in [-0.15, -0.1) is 0 Å². The number of rotatable bonds is 6. The molecule has 1 aliphatic heterocycles. The van der Waals surface area contributed by atoms with Gasteiger partial charge in [0.2, 0.25) is 5.91 Å². The van der Waals surface area contributed by atoms with Gasteiger partial charge in [-0.2, -0.15) is 5.10 Å². The van der Waals surface area contributed by atoms with Crippen molar-refractivity contribution in [1.82, 2.24) is 24.7 Å². The predicted molar refractivity (Wildman–Crippen MR) is 112 cm³/mol. The number of anilines is 2. The monoisotopic (exact) mass is 405 g/mol. The molecule has 9 nitrogen and oxygen atoms in total. The number of pyridine rings is 1. The molecule has 1 fully saturated rings. The molecule has 1 atom stereocenters. The van der Waals surface area contributed by atoms with Gasteiger partial charge in [-0.3, -0.25) is 9.59 Å². The fourth-order valence-electron chi connectivity index (χ4n) is 4.55. The highest BCUT2D eigenvalue weighted by Gasteiger charge is 2.61. The third-order valence-electron chi connectivity index (χ3n) is 6.11. The van der Waals surface area contributed by atoms with Crippen LogP contribution in [0.5, 0.6) is 0 Å². The largest absolute Gasteiger partial charge is 0.383 e. The Balaban J connectivity index is 1.68. The fraction of sp³-hybridized carbons (Fsp3) is 0.429. The van der Waals surface area contributed by atoms with E-state index in [0.29, 0.717) is 22.9 Å². The number of nitrogens with zero attached hydrogens (tertiary/aromatic N) is 5. The summed E-state index contributed by atoms with van der Waals surface area (Å²) in [5.74, 6) is 0.148. The Bertz CT molecular complexity index is 1200. The molecule has 3 aromatic heterocycles. The number of unbranched alkanes of at least 4 members (excludes halogenated alkanes) is 1. The van der Waals surface area contributed by atoms with E-state index in [1.165, 1.54) is 6.92 Å². The molecule has 0 bridgehead atoms. The smallest absolute Gasteiger partial charge is 0.244 e. The summed E-state index contributed by atoms with van der Waals surface area (Å²) in [7, 11) is 0. The number of carbonyl (C=O) groups is 2. The van der Waals surface area contributed by atoms with Crippen LogP contribution in [0.2, 0.25) is 0 Å². The number of hydrogen-bond acceptors (Lipinski definition) is 7. The summed E-state index contributed by atoms with van der Waals surface area (Å²) in [6.45, 7) is 4.29. The molecular weight excluding hydrogens is 382 g/mol. The average molecular weight is 405 g/mol. The quantitative estimate of drug-likeness (QED) is 0.603. The zero-order valence-electron chi connectivity index (χ0n) is 17.0. The average Bonchev–Trinajstić information content (AvgIpc) is 3.42. The molecule has 30 heavy (non-hydrogen) atoms. The topological polar surface area (TPSA) is 129 Å². The van der Waals surface area contributed by atoms with Gasteiger partial charge in [-0.1, -0.05) is 13.3 Å². The van der Waals surface area contributed by atoms with Gasteiger partial charge in [0.15, 0.2) is 11.5 Å². The molecule has 1 unspecified atom stereocenters. The minimum Gasteiger partial charge on any atom is -0.383 e. The first-order valence-electron chi connectivity index (χ1n) is 10.3. The number of Topliss-reactive ketones (excluding diaryl/α,β-unsaturated/α-hetero) is 1. The number of fused-ring (bicyclic) bond motifs is 2. The summed E-state index contributed by atoms with van der Waals surface area (Å²) in [6.07, 6.45) is 5.35. The Labute approximate surface area is 173 Å². The molecule has 5 rings (SSSR count). The number of nitrogens with two attached hydrogens (primary N) is 1. The van der Waals surface area contributed by atoms with E-state index >= 15 is 0 Å². The van der Waals surface area contributed by atoms with Crippen LogP contribution in [0.25, 0.3) is 22.6 Å². The van der Waals surface area contributed by atoms with Crippen LogP contribution in [0.15, 0.2) is 18.3 Å². The molecule has 4 heterocycles. The third-order valence-corrected chi connectivity index (χ3v) is 6.11. The Morgan fingerprint density at radius 1 is 1.37 bits per heavy atom. The van der Waals surface area contributed by atoms with Crippen molar-refractivity contribution in [1.29, 1.82) is 0 Å². The molecule has 9 heteroatoms. The van der Waals surface area contributed by atoms with Crippen LogP contribution in [0, 0.1) is 5.92 Å². The minimum absolute atomic E-state index is 0.0497. The van der Waals surface area contributed by atoms with E-state index in [0.717, 1.165) is 43.3 Å². The summed E-state index contributed by atoms with van der Waals surface area (Å²) in [5.41, 5.74) is 6.79. The second kappa shape index (κ2) is 6.58. The summed E-state index contributed by atoms with van der Waals surface area (Å²) < 4.78 is 1.85. The van der Waals surface area contributed by atoms with Crippen molar-refractivity contribution in [3.05, 3.63) is 23.9 Å². The number of hydrogen-bond donors (Lipinski definition) is 2. The fourth-order valence-corrected chi connectivity index (χ4v) is 4.55. The molecule has 3 N–H and O–H groups in total. The predicted octanol–water partition coefficient (Wildman–Crippen LogP) is 2.46. The van der Waals surface area contributed by atoms with E-state index in [4.69, 9.17) is 10.8 Å². The molecule has 1 saturated carbocycles. The second-order valence-corrected chi connectivity index (χ2v) is 8.05. The van der Waals surface area contributed by atoms with E-state index < -0.39 is 5.41 Å². The molecule has 1 aliphatic carbocycles. The van der Waals surface area contributed by atoms with Gasteiger partial charge >= 0.3 is 0 Å². The Morgan fingerprint density at radius 3 is 2.87 bits per heavy atom. The lowest BCUT2D eigenvalue weighted by Gasteiger charge is -2.24. The first kappa shape index (κ1) is 18.7. The van der Waals surface area contributed by atoms with Gasteiger partial charge in [0.25, 0.3) is 0 Å². The van der Waals surface area contributed by atoms with Crippen molar-refractivity contribution < 1.29 is 9.59 Å². The highest BCUT2D eigenvalue weighted by atomic mass is 16.2. The van der Waals surface area contributed by atoms with Gasteiger partial charge in [0.05, 0.1) is 10.9 Å². The highest BCUT2D eigenvalue weighted by Crippen LogP contribution is 2.54. The van der Waals surface area contributed by atoms with Crippen molar-refractivity contribution in [2.24, 2.45) is 5.92 Å². The molecule has 0 spiro atoms. The van der Waals surface area contributed by atoms with Crippen LogP contribution < -0.4 is 11.1 Å². The number of amides is 1. The number of nitrogens with one attached hydrogen (secondary N) is 1. The van der Waals surface area contributed by atoms with E-state index in [9.17, 15) is 9.59 Å². The Morgan fingerprint density at radius 2 is 2.17 bits per heavy atom. The van der Waals surface area contributed by atoms with Gasteiger partial charge in [0, 0.05) is 12.7 Å². The SMILES string of the molecule is CCCCn1nc(-c2nc(N)c3c(n2)NC(=O)C3(C(C)=O)C2CC2)c2cccnc21. The van der Waals surface area contributed by atoms with E-state index in [1.54, 1.807) is 6.20 Å². The van der Waals surface area contributed by atoms with E-state index in [2.05, 4.69) is 27.2 Å². The number of aromatic nitrogens is 5. The van der Waals surface area contributed by atoms with Crippen LogP contribution in [0.1, 0.15) is 45.1 Å².